The third-order valence-corrected chi connectivity index (χ3v) is 3.59. The Labute approximate surface area is 99.2 Å². The summed E-state index contributed by atoms with van der Waals surface area (Å²) >= 11 is 0. The SMILES string of the molecule is CC.CCC1(C(C)=O)CCN(C(C)=O)CC1. The van der Waals surface area contributed by atoms with Crippen molar-refractivity contribution in [2.45, 2.75) is 53.9 Å². The summed E-state index contributed by atoms with van der Waals surface area (Å²) in [5.41, 5.74) is -0.147. The van der Waals surface area contributed by atoms with E-state index in [9.17, 15) is 9.59 Å². The standard InChI is InChI=1S/C11H19NO2.C2H6/c1-4-11(9(2)13)5-7-12(8-6-11)10(3)14;1-2/h4-8H2,1-3H3;1-2H3. The van der Waals surface area contributed by atoms with Crippen LogP contribution in [0.1, 0.15) is 53.9 Å². The lowest BCUT2D eigenvalue weighted by Gasteiger charge is -2.39. The molecule has 1 fully saturated rings. The van der Waals surface area contributed by atoms with Gasteiger partial charge in [-0.15, -0.1) is 0 Å². The number of rotatable bonds is 2. The van der Waals surface area contributed by atoms with Crippen LogP contribution in [0.2, 0.25) is 0 Å². The highest BCUT2D eigenvalue weighted by Gasteiger charge is 2.37. The second-order valence-corrected chi connectivity index (χ2v) is 4.20. The van der Waals surface area contributed by atoms with Gasteiger partial charge in [0, 0.05) is 25.4 Å². The van der Waals surface area contributed by atoms with Gasteiger partial charge in [-0.1, -0.05) is 20.8 Å². The smallest absolute Gasteiger partial charge is 0.219 e. The molecule has 0 N–H and O–H groups in total. The predicted octanol–water partition coefficient (Wildman–Crippen LogP) is 2.64. The van der Waals surface area contributed by atoms with E-state index in [4.69, 9.17) is 0 Å². The summed E-state index contributed by atoms with van der Waals surface area (Å²) in [5, 5.41) is 0. The molecule has 0 aromatic carbocycles. The maximum atomic E-state index is 11.5. The van der Waals surface area contributed by atoms with E-state index in [1.54, 1.807) is 13.8 Å². The van der Waals surface area contributed by atoms with E-state index in [1.165, 1.54) is 0 Å². The molecule has 0 aromatic heterocycles. The zero-order valence-electron chi connectivity index (χ0n) is 11.3. The molecule has 0 bridgehead atoms. The lowest BCUT2D eigenvalue weighted by molar-refractivity contribution is -0.137. The maximum Gasteiger partial charge on any atom is 0.219 e. The molecule has 0 aromatic rings. The number of amides is 1. The fourth-order valence-corrected chi connectivity index (χ4v) is 2.20. The van der Waals surface area contributed by atoms with E-state index in [2.05, 4.69) is 6.92 Å². The number of carbonyl (C=O) groups excluding carboxylic acids is 2. The van der Waals surface area contributed by atoms with Gasteiger partial charge < -0.3 is 4.90 Å². The van der Waals surface area contributed by atoms with Crippen molar-refractivity contribution in [1.82, 2.24) is 4.90 Å². The minimum Gasteiger partial charge on any atom is -0.343 e. The van der Waals surface area contributed by atoms with Crippen LogP contribution in [0.25, 0.3) is 0 Å². The van der Waals surface area contributed by atoms with Gasteiger partial charge in [-0.25, -0.2) is 0 Å². The quantitative estimate of drug-likeness (QED) is 0.727. The van der Waals surface area contributed by atoms with Gasteiger partial charge in [-0.3, -0.25) is 9.59 Å². The molecule has 3 nitrogen and oxygen atoms in total. The summed E-state index contributed by atoms with van der Waals surface area (Å²) in [7, 11) is 0. The first-order chi connectivity index (χ1) is 7.52. The summed E-state index contributed by atoms with van der Waals surface area (Å²) < 4.78 is 0. The molecule has 0 radical (unpaired) electrons. The largest absolute Gasteiger partial charge is 0.343 e. The summed E-state index contributed by atoms with van der Waals surface area (Å²) in [5.74, 6) is 0.404. The minimum absolute atomic E-state index is 0.123. The highest BCUT2D eigenvalue weighted by Crippen LogP contribution is 2.35. The van der Waals surface area contributed by atoms with Crippen molar-refractivity contribution < 1.29 is 9.59 Å². The molecule has 94 valence electrons. The fraction of sp³-hybridized carbons (Fsp3) is 0.846. The number of piperidine rings is 1. The predicted molar refractivity (Wildman–Crippen MR) is 66.2 cm³/mol. The first-order valence-electron chi connectivity index (χ1n) is 6.28. The molecular weight excluding hydrogens is 202 g/mol. The Morgan fingerprint density at radius 2 is 1.56 bits per heavy atom. The monoisotopic (exact) mass is 227 g/mol. The maximum absolute atomic E-state index is 11.5. The van der Waals surface area contributed by atoms with Crippen molar-refractivity contribution in [3.05, 3.63) is 0 Å². The normalized spacial score (nSPS) is 18.4. The number of hydrogen-bond acceptors (Lipinski definition) is 2. The summed E-state index contributed by atoms with van der Waals surface area (Å²) in [6.45, 7) is 10.8. The van der Waals surface area contributed by atoms with Gasteiger partial charge in [-0.2, -0.15) is 0 Å². The van der Waals surface area contributed by atoms with Crippen LogP contribution in [0.5, 0.6) is 0 Å². The molecule has 0 aliphatic carbocycles. The van der Waals surface area contributed by atoms with Gasteiger partial charge in [0.25, 0.3) is 0 Å². The molecule has 16 heavy (non-hydrogen) atoms. The van der Waals surface area contributed by atoms with Crippen LogP contribution in [0, 0.1) is 5.41 Å². The summed E-state index contributed by atoms with van der Waals surface area (Å²) in [4.78, 5) is 24.5. The lowest BCUT2D eigenvalue weighted by atomic mass is 9.73. The van der Waals surface area contributed by atoms with Crippen LogP contribution in [-0.2, 0) is 9.59 Å². The topological polar surface area (TPSA) is 37.4 Å². The minimum atomic E-state index is -0.147. The highest BCUT2D eigenvalue weighted by atomic mass is 16.2. The number of hydrogen-bond donors (Lipinski definition) is 0. The molecule has 0 unspecified atom stereocenters. The summed E-state index contributed by atoms with van der Waals surface area (Å²) in [6, 6.07) is 0. The van der Waals surface area contributed by atoms with E-state index in [1.807, 2.05) is 18.7 Å². The van der Waals surface area contributed by atoms with Crippen molar-refractivity contribution in [2.24, 2.45) is 5.41 Å². The molecule has 1 saturated heterocycles. The molecule has 0 atom stereocenters. The van der Waals surface area contributed by atoms with Crippen molar-refractivity contribution in [3.8, 4) is 0 Å². The van der Waals surface area contributed by atoms with Gasteiger partial charge in [0.1, 0.15) is 5.78 Å². The van der Waals surface area contributed by atoms with Gasteiger partial charge in [0.05, 0.1) is 0 Å². The van der Waals surface area contributed by atoms with Crippen LogP contribution < -0.4 is 0 Å². The van der Waals surface area contributed by atoms with Gasteiger partial charge in [0.15, 0.2) is 0 Å². The zero-order chi connectivity index (χ0) is 12.8. The first-order valence-corrected chi connectivity index (χ1v) is 6.28. The Morgan fingerprint density at radius 1 is 1.12 bits per heavy atom. The van der Waals surface area contributed by atoms with Gasteiger partial charge in [0.2, 0.25) is 5.91 Å². The van der Waals surface area contributed by atoms with Gasteiger partial charge >= 0.3 is 0 Å². The number of likely N-dealkylation sites (tertiary alicyclic amines) is 1. The number of Topliss-reactive ketones (excluding diaryl/α,β-unsaturated/α-hetero) is 1. The van der Waals surface area contributed by atoms with Crippen LogP contribution in [0.3, 0.4) is 0 Å². The van der Waals surface area contributed by atoms with Crippen LogP contribution in [-0.4, -0.2) is 29.7 Å². The third kappa shape index (κ3) is 3.32. The van der Waals surface area contributed by atoms with E-state index < -0.39 is 0 Å². The molecule has 1 aliphatic rings. The van der Waals surface area contributed by atoms with E-state index >= 15 is 0 Å². The van der Waals surface area contributed by atoms with Crippen molar-refractivity contribution in [2.75, 3.05) is 13.1 Å². The third-order valence-electron chi connectivity index (χ3n) is 3.59. The molecular formula is C13H25NO2. The Bertz CT molecular complexity index is 240. The number of nitrogens with zero attached hydrogens (tertiary/aromatic N) is 1. The average Bonchev–Trinajstić information content (AvgIpc) is 2.31. The van der Waals surface area contributed by atoms with Crippen molar-refractivity contribution >= 4 is 11.7 Å². The Hall–Kier alpha value is -0.860. The Kier molecular flexibility index (Phi) is 6.31. The molecule has 0 spiro atoms. The Balaban J connectivity index is 0.00000106. The molecule has 0 saturated carbocycles. The zero-order valence-corrected chi connectivity index (χ0v) is 11.3. The second kappa shape index (κ2) is 6.66. The summed E-state index contributed by atoms with van der Waals surface area (Å²) in [6.07, 6.45) is 2.56. The Morgan fingerprint density at radius 3 is 1.81 bits per heavy atom. The van der Waals surface area contributed by atoms with E-state index in [-0.39, 0.29) is 17.1 Å². The van der Waals surface area contributed by atoms with E-state index in [0.29, 0.717) is 0 Å². The molecule has 1 rings (SSSR count). The number of carbonyl (C=O) groups is 2. The van der Waals surface area contributed by atoms with Gasteiger partial charge in [-0.05, 0) is 26.2 Å². The van der Waals surface area contributed by atoms with Crippen molar-refractivity contribution in [1.29, 1.82) is 0 Å². The highest BCUT2D eigenvalue weighted by molar-refractivity contribution is 5.83. The number of ketones is 1. The van der Waals surface area contributed by atoms with E-state index in [0.717, 1.165) is 32.4 Å². The van der Waals surface area contributed by atoms with Crippen LogP contribution >= 0.6 is 0 Å². The lowest BCUT2D eigenvalue weighted by Crippen LogP contribution is -2.44. The second-order valence-electron chi connectivity index (χ2n) is 4.20. The fourth-order valence-electron chi connectivity index (χ4n) is 2.20. The first kappa shape index (κ1) is 15.1. The molecule has 3 heteroatoms. The average molecular weight is 227 g/mol. The van der Waals surface area contributed by atoms with Crippen molar-refractivity contribution in [3.63, 3.8) is 0 Å². The molecule has 1 aliphatic heterocycles. The van der Waals surface area contributed by atoms with Crippen LogP contribution in [0.4, 0.5) is 0 Å². The molecule has 1 heterocycles. The molecule has 1 amide bonds. The van der Waals surface area contributed by atoms with Crippen LogP contribution in [0.15, 0.2) is 0 Å².